The molecule has 2 N–H and O–H groups in total. The molecule has 0 saturated carbocycles. The molecule has 0 radical (unpaired) electrons. The van der Waals surface area contributed by atoms with Crippen LogP contribution in [0.4, 0.5) is 0 Å². The zero-order chi connectivity index (χ0) is 16.0. The number of methoxy groups -OCH3 is 1. The number of carbonyl (C=O) groups excluding carboxylic acids is 2. The highest BCUT2D eigenvalue weighted by Gasteiger charge is 2.46. The number of rotatable bonds is 7. The molecule has 0 aromatic carbocycles. The second kappa shape index (κ2) is 7.97. The molecule has 1 aliphatic heterocycles. The first-order valence-corrected chi connectivity index (χ1v) is 7.11. The summed E-state index contributed by atoms with van der Waals surface area (Å²) < 4.78 is 10.3. The fraction of sp³-hybridized carbons (Fsp3) is 0.786. The number of carboxylic acid groups (broad SMARTS) is 1. The lowest BCUT2D eigenvalue weighted by Crippen LogP contribution is -2.39. The maximum absolute atomic E-state index is 11.9. The van der Waals surface area contributed by atoms with Gasteiger partial charge in [0.05, 0.1) is 19.1 Å². The highest BCUT2D eigenvalue weighted by Crippen LogP contribution is 2.34. The van der Waals surface area contributed by atoms with Gasteiger partial charge in [-0.25, -0.2) is 4.79 Å². The number of hydrogen-bond donors (Lipinski definition) is 2. The van der Waals surface area contributed by atoms with E-state index in [0.29, 0.717) is 6.54 Å². The normalized spacial score (nSPS) is 26.1. The largest absolute Gasteiger partial charge is 0.479 e. The maximum Gasteiger partial charge on any atom is 0.332 e. The number of amides is 1. The standard InChI is InChI=1S/C14H23NO6/c1-4-5-9(7-15-8(2)16)12-10(14(19)20-3)6-11(21-12)13(17)18/h9-12H,4-7H2,1-3H3,(H,15,16)(H,17,18). The van der Waals surface area contributed by atoms with Crippen LogP contribution in [-0.4, -0.2) is 48.8 Å². The molecule has 0 spiro atoms. The molecule has 0 aliphatic carbocycles. The number of carboxylic acids is 1. The SMILES string of the molecule is CCCC(CNC(C)=O)C1OC(C(=O)O)CC1C(=O)OC. The quantitative estimate of drug-likeness (QED) is 0.667. The smallest absolute Gasteiger partial charge is 0.332 e. The van der Waals surface area contributed by atoms with Gasteiger partial charge >= 0.3 is 11.9 Å². The van der Waals surface area contributed by atoms with Crippen LogP contribution in [0.2, 0.25) is 0 Å². The maximum atomic E-state index is 11.9. The molecule has 1 saturated heterocycles. The minimum absolute atomic E-state index is 0.104. The van der Waals surface area contributed by atoms with E-state index in [1.165, 1.54) is 14.0 Å². The number of esters is 1. The summed E-state index contributed by atoms with van der Waals surface area (Å²) in [4.78, 5) is 34.0. The average molecular weight is 301 g/mol. The number of aliphatic carboxylic acids is 1. The zero-order valence-electron chi connectivity index (χ0n) is 12.6. The van der Waals surface area contributed by atoms with Crippen molar-refractivity contribution < 1.29 is 29.0 Å². The Morgan fingerprint density at radius 1 is 1.43 bits per heavy atom. The molecule has 1 rings (SSSR count). The Kier molecular flexibility index (Phi) is 6.61. The highest BCUT2D eigenvalue weighted by molar-refractivity contribution is 5.78. The van der Waals surface area contributed by atoms with Crippen molar-refractivity contribution in [2.75, 3.05) is 13.7 Å². The Balaban J connectivity index is 2.86. The third kappa shape index (κ3) is 4.70. The van der Waals surface area contributed by atoms with Gasteiger partial charge in [0.2, 0.25) is 5.91 Å². The third-order valence-electron chi connectivity index (χ3n) is 3.70. The van der Waals surface area contributed by atoms with E-state index < -0.39 is 30.1 Å². The van der Waals surface area contributed by atoms with E-state index in [1.807, 2.05) is 6.92 Å². The summed E-state index contributed by atoms with van der Waals surface area (Å²) in [7, 11) is 1.27. The average Bonchev–Trinajstić information content (AvgIpc) is 2.87. The molecule has 120 valence electrons. The Morgan fingerprint density at radius 2 is 2.10 bits per heavy atom. The van der Waals surface area contributed by atoms with Crippen LogP contribution < -0.4 is 5.32 Å². The molecule has 1 amide bonds. The molecule has 4 atom stereocenters. The summed E-state index contributed by atoms with van der Waals surface area (Å²) in [5.41, 5.74) is 0. The van der Waals surface area contributed by atoms with Gasteiger partial charge in [-0.05, 0) is 6.42 Å². The van der Waals surface area contributed by atoms with Crippen molar-refractivity contribution in [3.8, 4) is 0 Å². The van der Waals surface area contributed by atoms with Crippen molar-refractivity contribution in [3.63, 3.8) is 0 Å². The highest BCUT2D eigenvalue weighted by atomic mass is 16.5. The van der Waals surface area contributed by atoms with E-state index in [0.717, 1.165) is 12.8 Å². The fourth-order valence-electron chi connectivity index (χ4n) is 2.71. The Bertz CT molecular complexity index is 397. The second-order valence-electron chi connectivity index (χ2n) is 5.28. The van der Waals surface area contributed by atoms with Crippen molar-refractivity contribution >= 4 is 17.8 Å². The number of ether oxygens (including phenoxy) is 2. The Labute approximate surface area is 124 Å². The van der Waals surface area contributed by atoms with Gasteiger partial charge in [-0.3, -0.25) is 9.59 Å². The molecule has 0 aromatic heterocycles. The van der Waals surface area contributed by atoms with Crippen LogP contribution in [0.1, 0.15) is 33.1 Å². The zero-order valence-corrected chi connectivity index (χ0v) is 12.6. The fourth-order valence-corrected chi connectivity index (χ4v) is 2.71. The second-order valence-corrected chi connectivity index (χ2v) is 5.28. The summed E-state index contributed by atoms with van der Waals surface area (Å²) in [6.07, 6.45) is 0.120. The summed E-state index contributed by atoms with van der Waals surface area (Å²) in [6.45, 7) is 3.75. The van der Waals surface area contributed by atoms with Gasteiger partial charge in [-0.2, -0.15) is 0 Å². The first-order chi connectivity index (χ1) is 9.90. The molecule has 1 aliphatic rings. The van der Waals surface area contributed by atoms with Crippen LogP contribution >= 0.6 is 0 Å². The van der Waals surface area contributed by atoms with Crippen molar-refractivity contribution in [2.45, 2.75) is 45.3 Å². The van der Waals surface area contributed by atoms with Crippen LogP contribution in [0.15, 0.2) is 0 Å². The molecule has 7 heteroatoms. The number of carbonyl (C=O) groups is 3. The lowest BCUT2D eigenvalue weighted by Gasteiger charge is -2.26. The predicted octanol–water partition coefficient (Wildman–Crippen LogP) is 0.570. The Hall–Kier alpha value is -1.63. The van der Waals surface area contributed by atoms with E-state index in [4.69, 9.17) is 14.6 Å². The summed E-state index contributed by atoms with van der Waals surface area (Å²) in [5, 5.41) is 11.8. The molecule has 0 bridgehead atoms. The van der Waals surface area contributed by atoms with Crippen LogP contribution in [0.3, 0.4) is 0 Å². The van der Waals surface area contributed by atoms with Gasteiger partial charge in [0.1, 0.15) is 0 Å². The Morgan fingerprint density at radius 3 is 2.57 bits per heavy atom. The first kappa shape index (κ1) is 17.4. The molecule has 21 heavy (non-hydrogen) atoms. The molecular weight excluding hydrogens is 278 g/mol. The van der Waals surface area contributed by atoms with Crippen LogP contribution in [0, 0.1) is 11.8 Å². The van der Waals surface area contributed by atoms with Gasteiger partial charge in [-0.15, -0.1) is 0 Å². The summed E-state index contributed by atoms with van der Waals surface area (Å²) >= 11 is 0. The van der Waals surface area contributed by atoms with E-state index in [1.54, 1.807) is 0 Å². The topological polar surface area (TPSA) is 102 Å². The molecular formula is C14H23NO6. The summed E-state index contributed by atoms with van der Waals surface area (Å²) in [6, 6.07) is 0. The van der Waals surface area contributed by atoms with E-state index in [9.17, 15) is 14.4 Å². The van der Waals surface area contributed by atoms with Crippen molar-refractivity contribution in [1.29, 1.82) is 0 Å². The molecule has 7 nitrogen and oxygen atoms in total. The van der Waals surface area contributed by atoms with Crippen molar-refractivity contribution in [2.24, 2.45) is 11.8 Å². The molecule has 1 heterocycles. The van der Waals surface area contributed by atoms with Gasteiger partial charge in [-0.1, -0.05) is 13.3 Å². The summed E-state index contributed by atoms with van der Waals surface area (Å²) in [5.74, 6) is -2.44. The minimum Gasteiger partial charge on any atom is -0.479 e. The van der Waals surface area contributed by atoms with E-state index in [-0.39, 0.29) is 18.2 Å². The number of nitrogens with one attached hydrogen (secondary N) is 1. The van der Waals surface area contributed by atoms with Crippen LogP contribution in [-0.2, 0) is 23.9 Å². The molecule has 0 aromatic rings. The molecule has 4 unspecified atom stereocenters. The van der Waals surface area contributed by atoms with Crippen molar-refractivity contribution in [1.82, 2.24) is 5.32 Å². The van der Waals surface area contributed by atoms with Gasteiger partial charge in [0.15, 0.2) is 6.10 Å². The number of hydrogen-bond acceptors (Lipinski definition) is 5. The van der Waals surface area contributed by atoms with E-state index >= 15 is 0 Å². The van der Waals surface area contributed by atoms with E-state index in [2.05, 4.69) is 5.32 Å². The van der Waals surface area contributed by atoms with Crippen molar-refractivity contribution in [3.05, 3.63) is 0 Å². The third-order valence-corrected chi connectivity index (χ3v) is 3.70. The first-order valence-electron chi connectivity index (χ1n) is 7.11. The van der Waals surface area contributed by atoms with Crippen LogP contribution in [0.25, 0.3) is 0 Å². The molecule has 1 fully saturated rings. The lowest BCUT2D eigenvalue weighted by atomic mass is 9.87. The van der Waals surface area contributed by atoms with Gasteiger partial charge in [0, 0.05) is 25.8 Å². The predicted molar refractivity (Wildman–Crippen MR) is 73.5 cm³/mol. The monoisotopic (exact) mass is 301 g/mol. The van der Waals surface area contributed by atoms with Gasteiger partial charge < -0.3 is 19.9 Å². The van der Waals surface area contributed by atoms with Crippen LogP contribution in [0.5, 0.6) is 0 Å². The lowest BCUT2D eigenvalue weighted by molar-refractivity contribution is -0.153. The minimum atomic E-state index is -1.08. The van der Waals surface area contributed by atoms with Gasteiger partial charge in [0.25, 0.3) is 0 Å².